The molecule has 0 spiro atoms. The highest BCUT2D eigenvalue weighted by atomic mass is 19.1. The lowest BCUT2D eigenvalue weighted by molar-refractivity contribution is 0.111. The zero-order chi connectivity index (χ0) is 13.2. The molecule has 0 bridgehead atoms. The van der Waals surface area contributed by atoms with Gasteiger partial charge in [-0.25, -0.2) is 9.37 Å². The van der Waals surface area contributed by atoms with Crippen LogP contribution in [0.4, 0.5) is 4.39 Å². The van der Waals surface area contributed by atoms with E-state index in [4.69, 9.17) is 0 Å². The van der Waals surface area contributed by atoms with Crippen LogP contribution in [-0.2, 0) is 6.42 Å². The molecular formula is C15H11FN2O. The summed E-state index contributed by atoms with van der Waals surface area (Å²) in [5.74, 6) is -0.426. The molecule has 4 heteroatoms. The van der Waals surface area contributed by atoms with Crippen LogP contribution in [0, 0.1) is 5.82 Å². The molecule has 19 heavy (non-hydrogen) atoms. The van der Waals surface area contributed by atoms with E-state index in [9.17, 15) is 9.18 Å². The van der Waals surface area contributed by atoms with Crippen molar-refractivity contribution in [3.63, 3.8) is 0 Å². The maximum Gasteiger partial charge on any atom is 0.174 e. The number of aldehydes is 1. The van der Waals surface area contributed by atoms with E-state index in [1.165, 1.54) is 10.5 Å². The highest BCUT2D eigenvalue weighted by Crippen LogP contribution is 2.17. The van der Waals surface area contributed by atoms with Gasteiger partial charge < -0.3 is 0 Å². The van der Waals surface area contributed by atoms with E-state index in [-0.39, 0.29) is 5.65 Å². The molecule has 3 aromatic rings. The van der Waals surface area contributed by atoms with Crippen molar-refractivity contribution in [2.24, 2.45) is 0 Å². The van der Waals surface area contributed by atoms with Gasteiger partial charge in [0.2, 0.25) is 0 Å². The molecule has 1 aromatic carbocycles. The van der Waals surface area contributed by atoms with Crippen LogP contribution in [0.2, 0.25) is 0 Å². The Morgan fingerprint density at radius 3 is 2.68 bits per heavy atom. The van der Waals surface area contributed by atoms with Crippen LogP contribution in [0.25, 0.3) is 5.65 Å². The van der Waals surface area contributed by atoms with Gasteiger partial charge in [-0.1, -0.05) is 30.3 Å². The van der Waals surface area contributed by atoms with Crippen molar-refractivity contribution in [2.45, 2.75) is 6.42 Å². The standard InChI is InChI=1S/C15H11FN2O/c16-12-7-4-8-18-14(10-19)13(17-15(12)18)9-11-5-2-1-3-6-11/h1-8,10H,9H2. The monoisotopic (exact) mass is 254 g/mol. The smallest absolute Gasteiger partial charge is 0.174 e. The first-order chi connectivity index (χ1) is 9.29. The van der Waals surface area contributed by atoms with Gasteiger partial charge in [-0.05, 0) is 17.7 Å². The van der Waals surface area contributed by atoms with Crippen molar-refractivity contribution in [1.29, 1.82) is 0 Å². The summed E-state index contributed by atoms with van der Waals surface area (Å²) in [7, 11) is 0. The Morgan fingerprint density at radius 1 is 1.16 bits per heavy atom. The summed E-state index contributed by atoms with van der Waals surface area (Å²) in [5, 5.41) is 0. The molecule has 0 aliphatic carbocycles. The lowest BCUT2D eigenvalue weighted by Gasteiger charge is -1.98. The zero-order valence-electron chi connectivity index (χ0n) is 10.1. The Balaban J connectivity index is 2.13. The maximum absolute atomic E-state index is 13.7. The number of fused-ring (bicyclic) bond motifs is 1. The topological polar surface area (TPSA) is 34.4 Å². The van der Waals surface area contributed by atoms with E-state index in [0.717, 1.165) is 11.8 Å². The molecule has 0 radical (unpaired) electrons. The third kappa shape index (κ3) is 2.01. The van der Waals surface area contributed by atoms with E-state index >= 15 is 0 Å². The number of pyridine rings is 1. The fraction of sp³-hybridized carbons (Fsp3) is 0.0667. The number of hydrogen-bond acceptors (Lipinski definition) is 2. The SMILES string of the molecule is O=Cc1c(Cc2ccccc2)nc2c(F)cccn12. The molecule has 94 valence electrons. The van der Waals surface area contributed by atoms with Crippen molar-refractivity contribution >= 4 is 11.9 Å². The lowest BCUT2D eigenvalue weighted by Crippen LogP contribution is -1.96. The average Bonchev–Trinajstić information content (AvgIpc) is 2.79. The summed E-state index contributed by atoms with van der Waals surface area (Å²) in [6, 6.07) is 12.6. The van der Waals surface area contributed by atoms with E-state index in [1.54, 1.807) is 12.3 Å². The van der Waals surface area contributed by atoms with Crippen molar-refractivity contribution in [1.82, 2.24) is 9.38 Å². The molecule has 3 nitrogen and oxygen atoms in total. The Bertz CT molecular complexity index is 734. The average molecular weight is 254 g/mol. The number of carbonyl (C=O) groups is 1. The Labute approximate surface area is 109 Å². The number of benzene rings is 1. The molecule has 3 rings (SSSR count). The minimum atomic E-state index is -0.426. The van der Waals surface area contributed by atoms with Crippen LogP contribution in [0.15, 0.2) is 48.7 Å². The van der Waals surface area contributed by atoms with Crippen LogP contribution >= 0.6 is 0 Å². The van der Waals surface area contributed by atoms with Gasteiger partial charge in [0.05, 0.1) is 5.69 Å². The third-order valence-electron chi connectivity index (χ3n) is 3.04. The summed E-state index contributed by atoms with van der Waals surface area (Å²) in [6.07, 6.45) is 2.87. The van der Waals surface area contributed by atoms with Crippen LogP contribution in [0.3, 0.4) is 0 Å². The van der Waals surface area contributed by atoms with E-state index in [2.05, 4.69) is 4.98 Å². The third-order valence-corrected chi connectivity index (χ3v) is 3.04. The zero-order valence-corrected chi connectivity index (χ0v) is 10.1. The first-order valence-corrected chi connectivity index (χ1v) is 5.94. The maximum atomic E-state index is 13.7. The molecule has 0 aliphatic heterocycles. The number of rotatable bonds is 3. The molecule has 0 atom stereocenters. The Morgan fingerprint density at radius 2 is 1.95 bits per heavy atom. The van der Waals surface area contributed by atoms with Crippen LogP contribution in [-0.4, -0.2) is 15.7 Å². The van der Waals surface area contributed by atoms with Gasteiger partial charge in [-0.2, -0.15) is 0 Å². The number of carbonyl (C=O) groups excluding carboxylic acids is 1. The normalized spacial score (nSPS) is 10.8. The van der Waals surface area contributed by atoms with Gasteiger partial charge in [-0.15, -0.1) is 0 Å². The molecule has 2 heterocycles. The van der Waals surface area contributed by atoms with Gasteiger partial charge in [0.15, 0.2) is 17.8 Å². The number of hydrogen-bond donors (Lipinski definition) is 0. The second kappa shape index (κ2) is 4.65. The summed E-state index contributed by atoms with van der Waals surface area (Å²) < 4.78 is 15.1. The fourth-order valence-corrected chi connectivity index (χ4v) is 2.14. The second-order valence-corrected chi connectivity index (χ2v) is 4.27. The highest BCUT2D eigenvalue weighted by Gasteiger charge is 2.14. The predicted octanol–water partition coefficient (Wildman–Crippen LogP) is 2.88. The molecule has 0 amide bonds. The van der Waals surface area contributed by atoms with Crippen LogP contribution in [0.5, 0.6) is 0 Å². The molecule has 2 aromatic heterocycles. The van der Waals surface area contributed by atoms with Gasteiger partial charge in [0.1, 0.15) is 5.69 Å². The van der Waals surface area contributed by atoms with E-state index in [1.807, 2.05) is 30.3 Å². The largest absolute Gasteiger partial charge is 0.296 e. The van der Waals surface area contributed by atoms with Crippen molar-refractivity contribution in [3.05, 3.63) is 71.4 Å². The van der Waals surface area contributed by atoms with Crippen LogP contribution < -0.4 is 0 Å². The molecule has 0 saturated heterocycles. The minimum absolute atomic E-state index is 0.190. The van der Waals surface area contributed by atoms with Gasteiger partial charge in [0, 0.05) is 12.6 Å². The first kappa shape index (κ1) is 11.6. The lowest BCUT2D eigenvalue weighted by atomic mass is 10.1. The Hall–Kier alpha value is -2.49. The number of aromatic nitrogens is 2. The highest BCUT2D eigenvalue weighted by molar-refractivity contribution is 5.76. The van der Waals surface area contributed by atoms with E-state index in [0.29, 0.717) is 17.8 Å². The summed E-state index contributed by atoms with van der Waals surface area (Å²) in [5.41, 5.74) is 2.22. The Kier molecular flexibility index (Phi) is 2.83. The van der Waals surface area contributed by atoms with Gasteiger partial charge in [0.25, 0.3) is 0 Å². The predicted molar refractivity (Wildman–Crippen MR) is 69.8 cm³/mol. The molecule has 0 N–H and O–H groups in total. The second-order valence-electron chi connectivity index (χ2n) is 4.27. The first-order valence-electron chi connectivity index (χ1n) is 5.94. The number of halogens is 1. The van der Waals surface area contributed by atoms with Crippen molar-refractivity contribution in [2.75, 3.05) is 0 Å². The fourth-order valence-electron chi connectivity index (χ4n) is 2.14. The molecule has 0 aliphatic rings. The van der Waals surface area contributed by atoms with E-state index < -0.39 is 5.82 Å². The molecule has 0 saturated carbocycles. The van der Waals surface area contributed by atoms with Crippen LogP contribution in [0.1, 0.15) is 21.7 Å². The van der Waals surface area contributed by atoms with Gasteiger partial charge in [-0.3, -0.25) is 9.20 Å². The van der Waals surface area contributed by atoms with Crippen molar-refractivity contribution in [3.8, 4) is 0 Å². The quantitative estimate of drug-likeness (QED) is 0.673. The summed E-state index contributed by atoms with van der Waals surface area (Å²) in [6.45, 7) is 0. The molecule has 0 fully saturated rings. The molecular weight excluding hydrogens is 243 g/mol. The van der Waals surface area contributed by atoms with Crippen molar-refractivity contribution < 1.29 is 9.18 Å². The number of imidazole rings is 1. The van der Waals surface area contributed by atoms with Gasteiger partial charge >= 0.3 is 0 Å². The summed E-state index contributed by atoms with van der Waals surface area (Å²) in [4.78, 5) is 15.5. The molecule has 0 unspecified atom stereocenters. The summed E-state index contributed by atoms with van der Waals surface area (Å²) >= 11 is 0. The number of nitrogens with zero attached hydrogens (tertiary/aromatic N) is 2. The minimum Gasteiger partial charge on any atom is -0.296 e.